The molecule has 130 valence electrons. The first-order valence-corrected chi connectivity index (χ1v) is 8.99. The van der Waals surface area contributed by atoms with Crippen molar-refractivity contribution in [2.24, 2.45) is 5.92 Å². The zero-order valence-electron chi connectivity index (χ0n) is 14.5. The number of fused-ring (bicyclic) bond motifs is 1. The van der Waals surface area contributed by atoms with Gasteiger partial charge in [-0.2, -0.15) is 9.50 Å². The molecule has 1 fully saturated rings. The molecule has 0 saturated carbocycles. The van der Waals surface area contributed by atoms with Crippen LogP contribution in [-0.4, -0.2) is 37.6 Å². The number of hydrogen-bond acceptors (Lipinski definition) is 4. The second kappa shape index (κ2) is 6.80. The van der Waals surface area contributed by atoms with E-state index in [1.807, 2.05) is 30.3 Å². The van der Waals surface area contributed by atoms with Crippen molar-refractivity contribution in [3.8, 4) is 11.4 Å². The molecule has 0 amide bonds. The Balaban J connectivity index is 1.58. The molecule has 6 heteroatoms. The van der Waals surface area contributed by atoms with Gasteiger partial charge in [-0.25, -0.2) is 4.98 Å². The average molecular weight is 337 g/mol. The minimum absolute atomic E-state index is 0.113. The fourth-order valence-corrected chi connectivity index (χ4v) is 3.52. The van der Waals surface area contributed by atoms with Crippen molar-refractivity contribution in [2.45, 2.75) is 32.7 Å². The molecule has 0 bridgehead atoms. The first-order valence-electron chi connectivity index (χ1n) is 8.99. The first kappa shape index (κ1) is 16.0. The van der Waals surface area contributed by atoms with Gasteiger partial charge in [0.25, 0.3) is 11.3 Å². The fraction of sp³-hybridized carbons (Fsp3) is 0.421. The van der Waals surface area contributed by atoms with Gasteiger partial charge in [0.2, 0.25) is 0 Å². The highest BCUT2D eigenvalue weighted by Gasteiger charge is 2.19. The number of H-pyrrole nitrogens is 1. The molecule has 4 rings (SSSR count). The van der Waals surface area contributed by atoms with Crippen molar-refractivity contribution >= 4 is 5.78 Å². The maximum absolute atomic E-state index is 12.4. The summed E-state index contributed by atoms with van der Waals surface area (Å²) in [5.74, 6) is 1.94. The maximum Gasteiger partial charge on any atom is 0.274 e. The summed E-state index contributed by atoms with van der Waals surface area (Å²) in [6.07, 6.45) is 3.73. The third-order valence-corrected chi connectivity index (χ3v) is 5.10. The molecule has 2 aromatic heterocycles. The van der Waals surface area contributed by atoms with Gasteiger partial charge in [-0.05, 0) is 31.8 Å². The summed E-state index contributed by atoms with van der Waals surface area (Å²) in [5, 5.41) is 3.04. The summed E-state index contributed by atoms with van der Waals surface area (Å²) in [4.78, 5) is 23.9. The number of piperidine rings is 1. The summed E-state index contributed by atoms with van der Waals surface area (Å²) in [6.45, 7) is 5.14. The molecule has 0 unspecified atom stereocenters. The number of aromatic nitrogens is 4. The monoisotopic (exact) mass is 337 g/mol. The van der Waals surface area contributed by atoms with Crippen LogP contribution in [0, 0.1) is 5.92 Å². The normalized spacial score (nSPS) is 16.5. The number of hydrogen-bond donors (Lipinski definition) is 1. The number of nitrogens with one attached hydrogen (secondary N) is 1. The molecule has 6 nitrogen and oxygen atoms in total. The lowest BCUT2D eigenvalue weighted by molar-refractivity contribution is 0.173. The SMILES string of the molecule is CCC1CCN(Cc2cc(=O)n3[nH]c(-c4ccccc4)nc3n2)CC1. The van der Waals surface area contributed by atoms with Gasteiger partial charge in [-0.3, -0.25) is 14.8 Å². The summed E-state index contributed by atoms with van der Waals surface area (Å²) < 4.78 is 1.41. The zero-order chi connectivity index (χ0) is 17.2. The lowest BCUT2D eigenvalue weighted by atomic mass is 9.94. The Morgan fingerprint density at radius 1 is 1.16 bits per heavy atom. The summed E-state index contributed by atoms with van der Waals surface area (Å²) >= 11 is 0. The topological polar surface area (TPSA) is 66.3 Å². The second-order valence-electron chi connectivity index (χ2n) is 6.79. The van der Waals surface area contributed by atoms with E-state index in [1.54, 1.807) is 6.07 Å². The number of rotatable bonds is 4. The average Bonchev–Trinajstić information content (AvgIpc) is 3.08. The standard InChI is InChI=1S/C19H23N5O/c1-2-14-8-10-23(11-9-14)13-16-12-17(25)24-19(20-16)21-18(22-24)15-6-4-3-5-7-15/h3-7,12,14H,2,8-11,13H2,1H3,(H,20,21,22). The van der Waals surface area contributed by atoms with Gasteiger partial charge in [0.05, 0.1) is 5.69 Å². The van der Waals surface area contributed by atoms with E-state index in [0.29, 0.717) is 11.6 Å². The van der Waals surface area contributed by atoms with Crippen molar-refractivity contribution in [3.63, 3.8) is 0 Å². The predicted molar refractivity (Wildman–Crippen MR) is 97.3 cm³/mol. The van der Waals surface area contributed by atoms with Crippen LogP contribution in [0.5, 0.6) is 0 Å². The summed E-state index contributed by atoms with van der Waals surface area (Å²) in [6, 6.07) is 11.4. The van der Waals surface area contributed by atoms with Crippen LogP contribution in [0.1, 0.15) is 31.9 Å². The molecule has 1 aromatic carbocycles. The van der Waals surface area contributed by atoms with Gasteiger partial charge >= 0.3 is 0 Å². The van der Waals surface area contributed by atoms with Gasteiger partial charge in [0, 0.05) is 18.2 Å². The van der Waals surface area contributed by atoms with Crippen LogP contribution in [0.25, 0.3) is 17.2 Å². The first-order chi connectivity index (χ1) is 12.2. The Kier molecular flexibility index (Phi) is 4.36. The Bertz CT molecular complexity index is 906. The van der Waals surface area contributed by atoms with Crippen molar-refractivity contribution < 1.29 is 0 Å². The molecular formula is C19H23N5O. The molecule has 25 heavy (non-hydrogen) atoms. The quantitative estimate of drug-likeness (QED) is 0.795. The van der Waals surface area contributed by atoms with Crippen molar-refractivity contribution in [1.29, 1.82) is 0 Å². The Hall–Kier alpha value is -2.47. The van der Waals surface area contributed by atoms with Crippen LogP contribution in [0.4, 0.5) is 0 Å². The van der Waals surface area contributed by atoms with Crippen LogP contribution in [0.15, 0.2) is 41.2 Å². The van der Waals surface area contributed by atoms with E-state index in [4.69, 9.17) is 0 Å². The Morgan fingerprint density at radius 3 is 2.64 bits per heavy atom. The third kappa shape index (κ3) is 3.35. The molecule has 1 saturated heterocycles. The zero-order valence-corrected chi connectivity index (χ0v) is 14.5. The van der Waals surface area contributed by atoms with Gasteiger partial charge in [0.15, 0.2) is 5.82 Å². The third-order valence-electron chi connectivity index (χ3n) is 5.10. The molecular weight excluding hydrogens is 314 g/mol. The van der Waals surface area contributed by atoms with Gasteiger partial charge in [0.1, 0.15) is 0 Å². The van der Waals surface area contributed by atoms with Crippen LogP contribution < -0.4 is 5.56 Å². The number of nitrogens with zero attached hydrogens (tertiary/aromatic N) is 4. The molecule has 0 spiro atoms. The highest BCUT2D eigenvalue weighted by atomic mass is 16.1. The predicted octanol–water partition coefficient (Wildman–Crippen LogP) is 2.71. The van der Waals surface area contributed by atoms with Crippen molar-refractivity contribution in [1.82, 2.24) is 24.5 Å². The van der Waals surface area contributed by atoms with E-state index in [9.17, 15) is 4.79 Å². The minimum Gasteiger partial charge on any atom is -0.297 e. The lowest BCUT2D eigenvalue weighted by Gasteiger charge is -2.31. The maximum atomic E-state index is 12.4. The fourth-order valence-electron chi connectivity index (χ4n) is 3.52. The van der Waals surface area contributed by atoms with Crippen LogP contribution in [0.2, 0.25) is 0 Å². The number of likely N-dealkylation sites (tertiary alicyclic amines) is 1. The molecule has 3 heterocycles. The molecule has 0 aliphatic carbocycles. The molecule has 0 atom stereocenters. The van der Waals surface area contributed by atoms with E-state index in [-0.39, 0.29) is 5.56 Å². The second-order valence-corrected chi connectivity index (χ2v) is 6.79. The number of benzene rings is 1. The van der Waals surface area contributed by atoms with Gasteiger partial charge < -0.3 is 0 Å². The molecule has 1 N–H and O–H groups in total. The van der Waals surface area contributed by atoms with Gasteiger partial charge in [-0.1, -0.05) is 43.7 Å². The lowest BCUT2D eigenvalue weighted by Crippen LogP contribution is -2.33. The van der Waals surface area contributed by atoms with E-state index in [0.717, 1.165) is 36.8 Å². The molecule has 0 radical (unpaired) electrons. The largest absolute Gasteiger partial charge is 0.297 e. The van der Waals surface area contributed by atoms with Gasteiger partial charge in [-0.15, -0.1) is 0 Å². The van der Waals surface area contributed by atoms with E-state index < -0.39 is 0 Å². The van der Waals surface area contributed by atoms with Crippen LogP contribution >= 0.6 is 0 Å². The van der Waals surface area contributed by atoms with Crippen LogP contribution in [0.3, 0.4) is 0 Å². The van der Waals surface area contributed by atoms with E-state index in [2.05, 4.69) is 26.9 Å². The van der Waals surface area contributed by atoms with Crippen molar-refractivity contribution in [2.75, 3.05) is 13.1 Å². The van der Waals surface area contributed by atoms with E-state index in [1.165, 1.54) is 23.8 Å². The number of aromatic amines is 1. The molecule has 1 aliphatic rings. The Labute approximate surface area is 146 Å². The van der Waals surface area contributed by atoms with E-state index >= 15 is 0 Å². The smallest absolute Gasteiger partial charge is 0.274 e. The summed E-state index contributed by atoms with van der Waals surface area (Å²) in [5.41, 5.74) is 1.62. The van der Waals surface area contributed by atoms with Crippen LogP contribution in [-0.2, 0) is 6.54 Å². The van der Waals surface area contributed by atoms with Crippen molar-refractivity contribution in [3.05, 3.63) is 52.4 Å². The minimum atomic E-state index is -0.113. The highest BCUT2D eigenvalue weighted by molar-refractivity contribution is 5.56. The Morgan fingerprint density at radius 2 is 1.92 bits per heavy atom. The molecule has 3 aromatic rings. The highest BCUT2D eigenvalue weighted by Crippen LogP contribution is 2.21. The molecule has 1 aliphatic heterocycles. The summed E-state index contributed by atoms with van der Waals surface area (Å²) in [7, 11) is 0.